The van der Waals surface area contributed by atoms with Gasteiger partial charge in [-0.3, -0.25) is 19.8 Å². The molecule has 2 fully saturated rings. The number of carbonyl (C=O) groups excluding carboxylic acids is 2. The van der Waals surface area contributed by atoms with Crippen molar-refractivity contribution in [2.75, 3.05) is 13.1 Å². The van der Waals surface area contributed by atoms with E-state index in [1.54, 1.807) is 0 Å². The van der Waals surface area contributed by atoms with Gasteiger partial charge in [0, 0.05) is 13.1 Å². The Balaban J connectivity index is 1.89. The van der Waals surface area contributed by atoms with Crippen LogP contribution in [0.25, 0.3) is 0 Å². The van der Waals surface area contributed by atoms with Gasteiger partial charge in [-0.2, -0.15) is 0 Å². The zero-order valence-electron chi connectivity index (χ0n) is 8.82. The van der Waals surface area contributed by atoms with Gasteiger partial charge in [0.05, 0.1) is 18.1 Å². The van der Waals surface area contributed by atoms with E-state index in [1.807, 2.05) is 11.8 Å². The van der Waals surface area contributed by atoms with Crippen molar-refractivity contribution in [2.45, 2.75) is 37.8 Å². The predicted octanol–water partition coefficient (Wildman–Crippen LogP) is -0.752. The van der Waals surface area contributed by atoms with Crippen LogP contribution in [0.4, 0.5) is 0 Å². The van der Waals surface area contributed by atoms with Crippen LogP contribution in [0, 0.1) is 0 Å². The molecule has 0 bridgehead atoms. The van der Waals surface area contributed by atoms with Crippen molar-refractivity contribution in [1.29, 1.82) is 0 Å². The SMILES string of the molecule is CCCC1(O)CN(C2CC(=O)NC2=O)C1. The van der Waals surface area contributed by atoms with Gasteiger partial charge in [0.15, 0.2) is 0 Å². The summed E-state index contributed by atoms with van der Waals surface area (Å²) in [7, 11) is 0. The molecule has 0 saturated carbocycles. The Kier molecular flexibility index (Phi) is 2.52. The summed E-state index contributed by atoms with van der Waals surface area (Å²) in [6, 6.07) is -0.352. The fourth-order valence-electron chi connectivity index (χ4n) is 2.39. The summed E-state index contributed by atoms with van der Waals surface area (Å²) < 4.78 is 0. The van der Waals surface area contributed by atoms with Crippen LogP contribution < -0.4 is 5.32 Å². The van der Waals surface area contributed by atoms with Crippen molar-refractivity contribution in [2.24, 2.45) is 0 Å². The highest BCUT2D eigenvalue weighted by Gasteiger charge is 2.47. The molecule has 2 heterocycles. The predicted molar refractivity (Wildman–Crippen MR) is 53.0 cm³/mol. The lowest BCUT2D eigenvalue weighted by Gasteiger charge is -2.48. The number of aliphatic hydroxyl groups is 1. The van der Waals surface area contributed by atoms with E-state index in [0.717, 1.165) is 12.8 Å². The second kappa shape index (κ2) is 3.57. The molecule has 2 N–H and O–H groups in total. The van der Waals surface area contributed by atoms with Gasteiger partial charge in [-0.25, -0.2) is 0 Å². The lowest BCUT2D eigenvalue weighted by Crippen LogP contribution is -2.65. The van der Waals surface area contributed by atoms with Gasteiger partial charge in [-0.1, -0.05) is 13.3 Å². The molecule has 0 radical (unpaired) electrons. The first-order valence-electron chi connectivity index (χ1n) is 5.34. The lowest BCUT2D eigenvalue weighted by molar-refractivity contribution is -0.141. The van der Waals surface area contributed by atoms with Crippen LogP contribution in [-0.4, -0.2) is 46.6 Å². The van der Waals surface area contributed by atoms with Gasteiger partial charge in [0.2, 0.25) is 11.8 Å². The van der Waals surface area contributed by atoms with E-state index in [1.165, 1.54) is 0 Å². The number of amides is 2. The van der Waals surface area contributed by atoms with Gasteiger partial charge in [0.1, 0.15) is 0 Å². The Bertz CT molecular complexity index is 297. The summed E-state index contributed by atoms with van der Waals surface area (Å²) in [5.74, 6) is -0.436. The smallest absolute Gasteiger partial charge is 0.244 e. The van der Waals surface area contributed by atoms with Crippen LogP contribution in [0.1, 0.15) is 26.2 Å². The number of rotatable bonds is 3. The number of nitrogens with zero attached hydrogens (tertiary/aromatic N) is 1. The molecule has 84 valence electrons. The molecule has 0 aromatic rings. The van der Waals surface area contributed by atoms with E-state index >= 15 is 0 Å². The molecule has 0 spiro atoms. The Hall–Kier alpha value is -0.940. The van der Waals surface area contributed by atoms with Crippen molar-refractivity contribution in [1.82, 2.24) is 10.2 Å². The number of hydrogen-bond donors (Lipinski definition) is 2. The highest BCUT2D eigenvalue weighted by molar-refractivity contribution is 6.05. The minimum absolute atomic E-state index is 0.212. The quantitative estimate of drug-likeness (QED) is 0.604. The van der Waals surface area contributed by atoms with E-state index in [4.69, 9.17) is 0 Å². The van der Waals surface area contributed by atoms with Gasteiger partial charge < -0.3 is 5.11 Å². The average molecular weight is 212 g/mol. The number of likely N-dealkylation sites (tertiary alicyclic amines) is 1. The summed E-state index contributed by atoms with van der Waals surface area (Å²) >= 11 is 0. The van der Waals surface area contributed by atoms with Gasteiger partial charge in [-0.05, 0) is 6.42 Å². The molecule has 0 aliphatic carbocycles. The van der Waals surface area contributed by atoms with Crippen molar-refractivity contribution in [3.8, 4) is 0 Å². The third-order valence-corrected chi connectivity index (χ3v) is 3.09. The molecule has 15 heavy (non-hydrogen) atoms. The Labute approximate surface area is 88.4 Å². The third kappa shape index (κ3) is 1.89. The summed E-state index contributed by atoms with van der Waals surface area (Å²) in [4.78, 5) is 24.2. The molecular weight excluding hydrogens is 196 g/mol. The van der Waals surface area contributed by atoms with E-state index in [0.29, 0.717) is 13.1 Å². The number of carbonyl (C=O) groups is 2. The minimum atomic E-state index is -0.638. The molecule has 0 aromatic heterocycles. The second-order valence-corrected chi connectivity index (χ2v) is 4.51. The largest absolute Gasteiger partial charge is 0.387 e. The summed E-state index contributed by atoms with van der Waals surface area (Å²) in [6.07, 6.45) is 1.92. The number of nitrogens with one attached hydrogen (secondary N) is 1. The van der Waals surface area contributed by atoms with Crippen LogP contribution in [0.5, 0.6) is 0 Å². The van der Waals surface area contributed by atoms with E-state index in [-0.39, 0.29) is 24.3 Å². The molecule has 0 aromatic carbocycles. The first-order valence-corrected chi connectivity index (χ1v) is 5.34. The fraction of sp³-hybridized carbons (Fsp3) is 0.800. The van der Waals surface area contributed by atoms with Gasteiger partial charge in [0.25, 0.3) is 0 Å². The normalized spacial score (nSPS) is 30.1. The van der Waals surface area contributed by atoms with Gasteiger partial charge in [-0.15, -0.1) is 0 Å². The van der Waals surface area contributed by atoms with E-state index < -0.39 is 5.60 Å². The standard InChI is InChI=1S/C10H16N2O3/c1-2-3-10(15)5-12(6-10)7-4-8(13)11-9(7)14/h7,15H,2-6H2,1H3,(H,11,13,14). The molecule has 2 saturated heterocycles. The summed E-state index contributed by atoms with van der Waals surface area (Å²) in [6.45, 7) is 3.03. The first-order chi connectivity index (χ1) is 7.04. The zero-order valence-corrected chi connectivity index (χ0v) is 8.82. The maximum Gasteiger partial charge on any atom is 0.244 e. The monoisotopic (exact) mass is 212 g/mol. The van der Waals surface area contributed by atoms with E-state index in [2.05, 4.69) is 5.32 Å². The number of imide groups is 1. The van der Waals surface area contributed by atoms with Crippen LogP contribution >= 0.6 is 0 Å². The third-order valence-electron chi connectivity index (χ3n) is 3.09. The fourth-order valence-corrected chi connectivity index (χ4v) is 2.39. The molecule has 2 rings (SSSR count). The topological polar surface area (TPSA) is 69.6 Å². The van der Waals surface area contributed by atoms with Crippen molar-refractivity contribution in [3.63, 3.8) is 0 Å². The molecular formula is C10H16N2O3. The van der Waals surface area contributed by atoms with Crippen LogP contribution in [0.15, 0.2) is 0 Å². The summed E-state index contributed by atoms with van der Waals surface area (Å²) in [5.41, 5.74) is -0.638. The number of hydrogen-bond acceptors (Lipinski definition) is 4. The Morgan fingerprint density at radius 1 is 1.53 bits per heavy atom. The molecule has 2 amide bonds. The minimum Gasteiger partial charge on any atom is -0.387 e. The maximum atomic E-state index is 11.3. The Morgan fingerprint density at radius 3 is 2.67 bits per heavy atom. The van der Waals surface area contributed by atoms with Crippen LogP contribution in [-0.2, 0) is 9.59 Å². The first kappa shape index (κ1) is 10.6. The van der Waals surface area contributed by atoms with Crippen molar-refractivity contribution < 1.29 is 14.7 Å². The number of β-amino-alcohol motifs (C(OH)–C–C–N with tert-alkyl or cyclic N) is 1. The van der Waals surface area contributed by atoms with Crippen LogP contribution in [0.2, 0.25) is 0 Å². The molecule has 5 nitrogen and oxygen atoms in total. The zero-order chi connectivity index (χ0) is 11.1. The average Bonchev–Trinajstić information content (AvgIpc) is 2.41. The molecule has 2 aliphatic heterocycles. The summed E-state index contributed by atoms with van der Waals surface area (Å²) in [5, 5.41) is 12.2. The molecule has 2 aliphatic rings. The molecule has 1 unspecified atom stereocenters. The highest BCUT2D eigenvalue weighted by Crippen LogP contribution is 2.29. The van der Waals surface area contributed by atoms with Crippen molar-refractivity contribution in [3.05, 3.63) is 0 Å². The second-order valence-electron chi connectivity index (χ2n) is 4.51. The van der Waals surface area contributed by atoms with Gasteiger partial charge >= 0.3 is 0 Å². The molecule has 5 heteroatoms. The van der Waals surface area contributed by atoms with Crippen molar-refractivity contribution >= 4 is 11.8 Å². The molecule has 1 atom stereocenters. The van der Waals surface area contributed by atoms with E-state index in [9.17, 15) is 14.7 Å². The lowest BCUT2D eigenvalue weighted by atomic mass is 9.87. The maximum absolute atomic E-state index is 11.3. The van der Waals surface area contributed by atoms with Crippen LogP contribution in [0.3, 0.4) is 0 Å². The highest BCUT2D eigenvalue weighted by atomic mass is 16.3. The Morgan fingerprint density at radius 2 is 2.20 bits per heavy atom.